The second-order valence-corrected chi connectivity index (χ2v) is 7.41. The fraction of sp³-hybridized carbons (Fsp3) is 0.533. The SMILES string of the molecule is CCCC(C)(C)NC(=O)CCNS(=O)(=O)c1ccccc1. The van der Waals surface area contributed by atoms with Gasteiger partial charge in [0.05, 0.1) is 4.90 Å². The lowest BCUT2D eigenvalue weighted by Crippen LogP contribution is -2.44. The average Bonchev–Trinajstić information content (AvgIpc) is 2.38. The molecular formula is C15H24N2O3S. The van der Waals surface area contributed by atoms with Crippen molar-refractivity contribution in [1.29, 1.82) is 0 Å². The van der Waals surface area contributed by atoms with E-state index in [1.165, 1.54) is 12.1 Å². The van der Waals surface area contributed by atoms with Crippen LogP contribution >= 0.6 is 0 Å². The maximum atomic E-state index is 12.0. The molecule has 5 nitrogen and oxygen atoms in total. The Balaban J connectivity index is 2.45. The molecule has 2 N–H and O–H groups in total. The molecule has 0 radical (unpaired) electrons. The molecule has 118 valence electrons. The lowest BCUT2D eigenvalue weighted by molar-refractivity contribution is -0.122. The Bertz CT molecular complexity index is 554. The monoisotopic (exact) mass is 312 g/mol. The minimum atomic E-state index is -3.54. The van der Waals surface area contributed by atoms with Gasteiger partial charge in [0.2, 0.25) is 15.9 Å². The highest BCUT2D eigenvalue weighted by Gasteiger charge is 2.19. The number of nitrogens with one attached hydrogen (secondary N) is 2. The van der Waals surface area contributed by atoms with Crippen LogP contribution in [0.25, 0.3) is 0 Å². The van der Waals surface area contributed by atoms with E-state index in [1.807, 2.05) is 13.8 Å². The van der Waals surface area contributed by atoms with E-state index in [2.05, 4.69) is 17.0 Å². The zero-order valence-corrected chi connectivity index (χ0v) is 13.7. The summed E-state index contributed by atoms with van der Waals surface area (Å²) in [6, 6.07) is 8.12. The van der Waals surface area contributed by atoms with Crippen LogP contribution in [0, 0.1) is 0 Å². The Morgan fingerprint density at radius 3 is 2.38 bits per heavy atom. The van der Waals surface area contributed by atoms with E-state index in [9.17, 15) is 13.2 Å². The van der Waals surface area contributed by atoms with Gasteiger partial charge in [-0.25, -0.2) is 13.1 Å². The van der Waals surface area contributed by atoms with Crippen LogP contribution in [0.15, 0.2) is 35.2 Å². The molecular weight excluding hydrogens is 288 g/mol. The summed E-state index contributed by atoms with van der Waals surface area (Å²) < 4.78 is 26.4. The molecule has 0 aliphatic carbocycles. The largest absolute Gasteiger partial charge is 0.351 e. The Labute approximate surface area is 127 Å². The molecule has 0 fully saturated rings. The maximum absolute atomic E-state index is 12.0. The Morgan fingerprint density at radius 1 is 1.19 bits per heavy atom. The number of amides is 1. The van der Waals surface area contributed by atoms with Crippen LogP contribution < -0.4 is 10.0 Å². The van der Waals surface area contributed by atoms with Crippen LogP contribution in [0.2, 0.25) is 0 Å². The average molecular weight is 312 g/mol. The molecule has 0 heterocycles. The topological polar surface area (TPSA) is 75.3 Å². The van der Waals surface area contributed by atoms with E-state index in [0.29, 0.717) is 0 Å². The summed E-state index contributed by atoms with van der Waals surface area (Å²) in [6.07, 6.45) is 1.99. The zero-order valence-electron chi connectivity index (χ0n) is 12.8. The molecule has 0 aliphatic rings. The minimum absolute atomic E-state index is 0.0886. The molecule has 0 aliphatic heterocycles. The Kier molecular flexibility index (Phi) is 6.36. The number of hydrogen-bond acceptors (Lipinski definition) is 3. The highest BCUT2D eigenvalue weighted by molar-refractivity contribution is 7.89. The van der Waals surface area contributed by atoms with E-state index in [-0.39, 0.29) is 29.3 Å². The van der Waals surface area contributed by atoms with Crippen LogP contribution in [0.5, 0.6) is 0 Å². The Hall–Kier alpha value is -1.40. The lowest BCUT2D eigenvalue weighted by atomic mass is 9.99. The van der Waals surface area contributed by atoms with Gasteiger partial charge in [0.25, 0.3) is 0 Å². The number of hydrogen-bond donors (Lipinski definition) is 2. The number of sulfonamides is 1. The van der Waals surface area contributed by atoms with Gasteiger partial charge in [0.1, 0.15) is 0 Å². The van der Waals surface area contributed by atoms with Crippen LogP contribution in [0.4, 0.5) is 0 Å². The van der Waals surface area contributed by atoms with Gasteiger partial charge in [-0.1, -0.05) is 31.5 Å². The molecule has 0 saturated carbocycles. The van der Waals surface area contributed by atoms with Crippen molar-refractivity contribution in [2.24, 2.45) is 0 Å². The molecule has 1 amide bonds. The van der Waals surface area contributed by atoms with Gasteiger partial charge in [-0.05, 0) is 32.4 Å². The summed E-state index contributed by atoms with van der Waals surface area (Å²) in [5.74, 6) is -0.149. The summed E-state index contributed by atoms with van der Waals surface area (Å²) >= 11 is 0. The van der Waals surface area contributed by atoms with Crippen molar-refractivity contribution in [1.82, 2.24) is 10.0 Å². The summed E-state index contributed by atoms with van der Waals surface area (Å²) in [5.41, 5.74) is -0.260. The fourth-order valence-corrected chi connectivity index (χ4v) is 3.16. The fourth-order valence-electron chi connectivity index (χ4n) is 2.11. The van der Waals surface area contributed by atoms with E-state index in [1.54, 1.807) is 18.2 Å². The number of carbonyl (C=O) groups excluding carboxylic acids is 1. The van der Waals surface area contributed by atoms with E-state index in [0.717, 1.165) is 12.8 Å². The molecule has 21 heavy (non-hydrogen) atoms. The third-order valence-electron chi connectivity index (χ3n) is 3.05. The normalized spacial score (nSPS) is 12.1. The number of benzene rings is 1. The van der Waals surface area contributed by atoms with Crippen LogP contribution in [-0.4, -0.2) is 26.4 Å². The summed E-state index contributed by atoms with van der Waals surface area (Å²) in [7, 11) is -3.54. The van der Waals surface area contributed by atoms with E-state index in [4.69, 9.17) is 0 Å². The van der Waals surface area contributed by atoms with Crippen molar-refractivity contribution >= 4 is 15.9 Å². The summed E-state index contributed by atoms with van der Waals surface area (Å²) in [6.45, 7) is 6.07. The van der Waals surface area contributed by atoms with Gasteiger partial charge >= 0.3 is 0 Å². The Morgan fingerprint density at radius 2 is 1.81 bits per heavy atom. The number of rotatable bonds is 8. The van der Waals surface area contributed by atoms with Crippen molar-refractivity contribution in [3.63, 3.8) is 0 Å². The minimum Gasteiger partial charge on any atom is -0.351 e. The van der Waals surface area contributed by atoms with Crippen molar-refractivity contribution < 1.29 is 13.2 Å². The first-order chi connectivity index (χ1) is 9.77. The summed E-state index contributed by atoms with van der Waals surface area (Å²) in [4.78, 5) is 12.0. The van der Waals surface area contributed by atoms with E-state index >= 15 is 0 Å². The van der Waals surface area contributed by atoms with Crippen LogP contribution in [0.3, 0.4) is 0 Å². The van der Waals surface area contributed by atoms with Crippen molar-refractivity contribution in [3.05, 3.63) is 30.3 Å². The third kappa shape index (κ3) is 6.27. The summed E-state index contributed by atoms with van der Waals surface area (Å²) in [5, 5.41) is 2.91. The second-order valence-electron chi connectivity index (χ2n) is 5.64. The third-order valence-corrected chi connectivity index (χ3v) is 4.53. The predicted octanol–water partition coefficient (Wildman–Crippen LogP) is 2.05. The van der Waals surface area contributed by atoms with Gasteiger partial charge in [-0.15, -0.1) is 0 Å². The van der Waals surface area contributed by atoms with Gasteiger partial charge in [0, 0.05) is 18.5 Å². The smallest absolute Gasteiger partial charge is 0.240 e. The van der Waals surface area contributed by atoms with Gasteiger partial charge in [-0.2, -0.15) is 0 Å². The molecule has 0 bridgehead atoms. The van der Waals surface area contributed by atoms with Crippen molar-refractivity contribution in [3.8, 4) is 0 Å². The lowest BCUT2D eigenvalue weighted by Gasteiger charge is -2.25. The highest BCUT2D eigenvalue weighted by Crippen LogP contribution is 2.11. The molecule has 0 aromatic heterocycles. The molecule has 6 heteroatoms. The zero-order chi connectivity index (χ0) is 15.9. The van der Waals surface area contributed by atoms with E-state index < -0.39 is 10.0 Å². The van der Waals surface area contributed by atoms with Crippen molar-refractivity contribution in [2.75, 3.05) is 6.54 Å². The molecule has 1 rings (SSSR count). The predicted molar refractivity (Wildman–Crippen MR) is 83.4 cm³/mol. The second kappa shape index (κ2) is 7.56. The van der Waals surface area contributed by atoms with Gasteiger partial charge in [-0.3, -0.25) is 4.79 Å². The first-order valence-corrected chi connectivity index (χ1v) is 8.61. The first-order valence-electron chi connectivity index (χ1n) is 7.12. The molecule has 0 unspecified atom stereocenters. The number of carbonyl (C=O) groups is 1. The molecule has 1 aromatic carbocycles. The van der Waals surface area contributed by atoms with Crippen LogP contribution in [-0.2, 0) is 14.8 Å². The van der Waals surface area contributed by atoms with Gasteiger partial charge in [0.15, 0.2) is 0 Å². The standard InChI is InChI=1S/C15H24N2O3S/c1-4-11-15(2,3)17-14(18)10-12-16-21(19,20)13-8-6-5-7-9-13/h5-9,16H,4,10-12H2,1-3H3,(H,17,18). The molecule has 0 saturated heterocycles. The maximum Gasteiger partial charge on any atom is 0.240 e. The van der Waals surface area contributed by atoms with Crippen molar-refractivity contribution in [2.45, 2.75) is 50.5 Å². The molecule has 0 spiro atoms. The van der Waals surface area contributed by atoms with Gasteiger partial charge < -0.3 is 5.32 Å². The van der Waals surface area contributed by atoms with Crippen LogP contribution in [0.1, 0.15) is 40.0 Å². The highest BCUT2D eigenvalue weighted by atomic mass is 32.2. The molecule has 0 atom stereocenters. The molecule has 1 aromatic rings. The first kappa shape index (κ1) is 17.7. The quantitative estimate of drug-likeness (QED) is 0.771.